The van der Waals surface area contributed by atoms with Crippen molar-refractivity contribution in [2.75, 3.05) is 13.7 Å². The molecule has 4 nitrogen and oxygen atoms in total. The van der Waals surface area contributed by atoms with Gasteiger partial charge in [-0.15, -0.1) is 0 Å². The maximum atomic E-state index is 5.64. The Morgan fingerprint density at radius 1 is 1.45 bits per heavy atom. The van der Waals surface area contributed by atoms with Gasteiger partial charge in [-0.3, -0.25) is 4.68 Å². The van der Waals surface area contributed by atoms with Gasteiger partial charge in [0.25, 0.3) is 0 Å². The highest BCUT2D eigenvalue weighted by Gasteiger charge is 2.31. The molecule has 2 rings (SSSR count). The molecule has 114 valence electrons. The number of aromatic nitrogens is 2. The van der Waals surface area contributed by atoms with Crippen LogP contribution in [0.5, 0.6) is 0 Å². The number of rotatable bonds is 8. The first-order chi connectivity index (χ1) is 9.62. The van der Waals surface area contributed by atoms with Crippen molar-refractivity contribution < 1.29 is 4.74 Å². The van der Waals surface area contributed by atoms with Crippen LogP contribution < -0.4 is 5.32 Å². The average Bonchev–Trinajstić information content (AvgIpc) is 2.83. The monoisotopic (exact) mass is 279 g/mol. The Morgan fingerprint density at radius 3 is 2.75 bits per heavy atom. The van der Waals surface area contributed by atoms with Crippen molar-refractivity contribution in [2.24, 2.45) is 5.92 Å². The van der Waals surface area contributed by atoms with Crippen molar-refractivity contribution in [2.45, 2.75) is 64.6 Å². The van der Waals surface area contributed by atoms with Gasteiger partial charge in [-0.1, -0.05) is 0 Å². The number of ether oxygens (including phenoxy) is 1. The lowest BCUT2D eigenvalue weighted by molar-refractivity contribution is -0.0288. The van der Waals surface area contributed by atoms with Gasteiger partial charge < -0.3 is 10.1 Å². The molecule has 1 heterocycles. The highest BCUT2D eigenvalue weighted by molar-refractivity contribution is 5.02. The quantitative estimate of drug-likeness (QED) is 0.795. The summed E-state index contributed by atoms with van der Waals surface area (Å²) in [7, 11) is 2.06. The SMILES string of the molecule is CCOC1CC(CC(Cc2ccn(C(C)C)n2)NC)C1. The lowest BCUT2D eigenvalue weighted by atomic mass is 9.77. The molecule has 1 aromatic rings. The Morgan fingerprint density at radius 2 is 2.20 bits per heavy atom. The van der Waals surface area contributed by atoms with Crippen LogP contribution in [-0.2, 0) is 11.2 Å². The Labute approximate surface area is 122 Å². The van der Waals surface area contributed by atoms with Gasteiger partial charge in [0.15, 0.2) is 0 Å². The molecule has 0 saturated heterocycles. The van der Waals surface area contributed by atoms with E-state index in [0.29, 0.717) is 18.2 Å². The van der Waals surface area contributed by atoms with Crippen LogP contribution in [-0.4, -0.2) is 35.6 Å². The van der Waals surface area contributed by atoms with Crippen LogP contribution >= 0.6 is 0 Å². The van der Waals surface area contributed by atoms with Crippen molar-refractivity contribution in [1.82, 2.24) is 15.1 Å². The summed E-state index contributed by atoms with van der Waals surface area (Å²) in [5.74, 6) is 0.816. The topological polar surface area (TPSA) is 39.1 Å². The molecule has 1 aliphatic rings. The maximum absolute atomic E-state index is 5.64. The Bertz CT molecular complexity index is 396. The van der Waals surface area contributed by atoms with Crippen molar-refractivity contribution in [3.63, 3.8) is 0 Å². The number of likely N-dealkylation sites (N-methyl/N-ethyl adjacent to an activating group) is 1. The van der Waals surface area contributed by atoms with Gasteiger partial charge in [0.05, 0.1) is 11.8 Å². The molecule has 0 aromatic carbocycles. The fraction of sp³-hybridized carbons (Fsp3) is 0.812. The van der Waals surface area contributed by atoms with Crippen molar-refractivity contribution in [3.05, 3.63) is 18.0 Å². The van der Waals surface area contributed by atoms with E-state index in [1.54, 1.807) is 0 Å². The minimum absolute atomic E-state index is 0.440. The van der Waals surface area contributed by atoms with Crippen LogP contribution in [0.2, 0.25) is 0 Å². The molecular formula is C16H29N3O. The molecule has 0 bridgehead atoms. The minimum Gasteiger partial charge on any atom is -0.378 e. The molecule has 1 aromatic heterocycles. The van der Waals surface area contributed by atoms with Crippen LogP contribution in [0.3, 0.4) is 0 Å². The standard InChI is InChI=1S/C16H29N3O/c1-5-20-16-9-13(10-16)8-15(17-4)11-14-6-7-19(18-14)12(2)3/h6-7,12-13,15-17H,5,8-11H2,1-4H3. The second-order valence-corrected chi connectivity index (χ2v) is 6.22. The van der Waals surface area contributed by atoms with Gasteiger partial charge in [0.1, 0.15) is 0 Å². The van der Waals surface area contributed by atoms with Gasteiger partial charge >= 0.3 is 0 Å². The zero-order valence-electron chi connectivity index (χ0n) is 13.3. The zero-order chi connectivity index (χ0) is 14.5. The van der Waals surface area contributed by atoms with Gasteiger partial charge in [-0.2, -0.15) is 5.10 Å². The third-order valence-corrected chi connectivity index (χ3v) is 4.27. The summed E-state index contributed by atoms with van der Waals surface area (Å²) in [6.07, 6.45) is 7.31. The van der Waals surface area contributed by atoms with Crippen LogP contribution in [0.25, 0.3) is 0 Å². The lowest BCUT2D eigenvalue weighted by Gasteiger charge is -2.36. The summed E-state index contributed by atoms with van der Waals surface area (Å²) < 4.78 is 7.67. The largest absolute Gasteiger partial charge is 0.378 e. The van der Waals surface area contributed by atoms with E-state index < -0.39 is 0 Å². The fourth-order valence-corrected chi connectivity index (χ4v) is 2.97. The van der Waals surface area contributed by atoms with E-state index in [0.717, 1.165) is 18.9 Å². The molecule has 1 atom stereocenters. The molecule has 0 aliphatic heterocycles. The zero-order valence-corrected chi connectivity index (χ0v) is 13.3. The van der Waals surface area contributed by atoms with E-state index in [-0.39, 0.29) is 0 Å². The van der Waals surface area contributed by atoms with E-state index >= 15 is 0 Å². The molecule has 4 heteroatoms. The van der Waals surface area contributed by atoms with Crippen LogP contribution in [0.4, 0.5) is 0 Å². The first-order valence-electron chi connectivity index (χ1n) is 7.95. The van der Waals surface area contributed by atoms with Crippen molar-refractivity contribution >= 4 is 0 Å². The van der Waals surface area contributed by atoms with Gasteiger partial charge in [-0.25, -0.2) is 0 Å². The number of nitrogens with zero attached hydrogens (tertiary/aromatic N) is 2. The summed E-state index contributed by atoms with van der Waals surface area (Å²) in [6, 6.07) is 3.11. The van der Waals surface area contributed by atoms with E-state index in [1.165, 1.54) is 25.0 Å². The highest BCUT2D eigenvalue weighted by Crippen LogP contribution is 2.33. The number of hydrogen-bond donors (Lipinski definition) is 1. The molecule has 20 heavy (non-hydrogen) atoms. The summed E-state index contributed by atoms with van der Waals surface area (Å²) in [5.41, 5.74) is 1.19. The normalized spacial score (nSPS) is 23.9. The van der Waals surface area contributed by atoms with Crippen LogP contribution in [0.1, 0.15) is 51.8 Å². The Hall–Kier alpha value is -0.870. The van der Waals surface area contributed by atoms with Crippen LogP contribution in [0, 0.1) is 5.92 Å². The summed E-state index contributed by atoms with van der Waals surface area (Å²) >= 11 is 0. The van der Waals surface area contributed by atoms with E-state index in [1.807, 2.05) is 4.68 Å². The Balaban J connectivity index is 1.77. The summed E-state index contributed by atoms with van der Waals surface area (Å²) in [5, 5.41) is 8.09. The Kier molecular flexibility index (Phi) is 5.61. The first kappa shape index (κ1) is 15.5. The second-order valence-electron chi connectivity index (χ2n) is 6.22. The number of nitrogens with one attached hydrogen (secondary N) is 1. The minimum atomic E-state index is 0.440. The second kappa shape index (κ2) is 7.23. The van der Waals surface area contributed by atoms with Gasteiger partial charge in [0, 0.05) is 31.3 Å². The third-order valence-electron chi connectivity index (χ3n) is 4.27. The molecule has 1 fully saturated rings. The van der Waals surface area contributed by atoms with Gasteiger partial charge in [-0.05, 0) is 59.1 Å². The first-order valence-corrected chi connectivity index (χ1v) is 7.95. The maximum Gasteiger partial charge on any atom is 0.0640 e. The third kappa shape index (κ3) is 4.06. The van der Waals surface area contributed by atoms with Gasteiger partial charge in [0.2, 0.25) is 0 Å². The molecule has 0 radical (unpaired) electrons. The predicted octanol–water partition coefficient (Wildman–Crippen LogP) is 2.80. The molecule has 0 spiro atoms. The highest BCUT2D eigenvalue weighted by atomic mass is 16.5. The van der Waals surface area contributed by atoms with E-state index in [4.69, 9.17) is 4.74 Å². The molecular weight excluding hydrogens is 250 g/mol. The van der Waals surface area contributed by atoms with Crippen molar-refractivity contribution in [3.8, 4) is 0 Å². The van der Waals surface area contributed by atoms with Crippen LogP contribution in [0.15, 0.2) is 12.3 Å². The molecule has 0 amide bonds. The molecule has 1 N–H and O–H groups in total. The summed E-state index contributed by atoms with van der Waals surface area (Å²) in [4.78, 5) is 0. The average molecular weight is 279 g/mol. The smallest absolute Gasteiger partial charge is 0.0640 e. The molecule has 1 saturated carbocycles. The van der Waals surface area contributed by atoms with Crippen molar-refractivity contribution in [1.29, 1.82) is 0 Å². The fourth-order valence-electron chi connectivity index (χ4n) is 2.97. The van der Waals surface area contributed by atoms with E-state index in [9.17, 15) is 0 Å². The lowest BCUT2D eigenvalue weighted by Crippen LogP contribution is -2.38. The number of hydrogen-bond acceptors (Lipinski definition) is 3. The molecule has 1 unspecified atom stereocenters. The van der Waals surface area contributed by atoms with E-state index in [2.05, 4.69) is 50.5 Å². The predicted molar refractivity (Wildman–Crippen MR) is 81.9 cm³/mol. The molecule has 1 aliphatic carbocycles. The summed E-state index contributed by atoms with van der Waals surface area (Å²) in [6.45, 7) is 7.25.